The van der Waals surface area contributed by atoms with Gasteiger partial charge in [-0.1, -0.05) is 136 Å². The van der Waals surface area contributed by atoms with E-state index in [9.17, 15) is 0 Å². The van der Waals surface area contributed by atoms with E-state index in [0.29, 0.717) is 12.0 Å². The Balaban J connectivity index is 2.16. The Kier molecular flexibility index (Phi) is 19.0. The molecule has 0 radical (unpaired) electrons. The molecule has 0 aromatic carbocycles. The van der Waals surface area contributed by atoms with E-state index in [1.54, 1.807) is 0 Å². The molecule has 0 bridgehead atoms. The van der Waals surface area contributed by atoms with Crippen LogP contribution in [0.15, 0.2) is 12.4 Å². The lowest BCUT2D eigenvalue weighted by Gasteiger charge is -2.21. The van der Waals surface area contributed by atoms with E-state index in [0.717, 1.165) is 0 Å². The van der Waals surface area contributed by atoms with Gasteiger partial charge in [0, 0.05) is 24.4 Å². The number of hydrogen-bond acceptors (Lipinski definition) is 1. The minimum absolute atomic E-state index is 0.592. The maximum Gasteiger partial charge on any atom is 0.111 e. The third kappa shape index (κ3) is 13.7. The fourth-order valence-electron chi connectivity index (χ4n) is 5.12. The molecule has 1 heterocycles. The Morgan fingerprint density at radius 3 is 1.53 bits per heavy atom. The molecule has 0 aliphatic rings. The van der Waals surface area contributed by atoms with Gasteiger partial charge >= 0.3 is 0 Å². The molecule has 0 spiro atoms. The topological polar surface area (TPSA) is 17.8 Å². The highest BCUT2D eigenvalue weighted by atomic mass is 15.1. The summed E-state index contributed by atoms with van der Waals surface area (Å²) in [7, 11) is 0. The number of unbranched alkanes of at least 4 members (excludes halogenated alkanes) is 16. The average Bonchev–Trinajstić information content (AvgIpc) is 3.29. The van der Waals surface area contributed by atoms with Crippen molar-refractivity contribution in [3.8, 4) is 0 Å². The van der Waals surface area contributed by atoms with E-state index in [-0.39, 0.29) is 0 Å². The van der Waals surface area contributed by atoms with Crippen LogP contribution in [-0.2, 0) is 0 Å². The molecule has 0 saturated heterocycles. The van der Waals surface area contributed by atoms with Gasteiger partial charge in [-0.2, -0.15) is 0 Å². The van der Waals surface area contributed by atoms with Crippen LogP contribution >= 0.6 is 0 Å². The smallest absolute Gasteiger partial charge is 0.111 e. The number of rotatable bonds is 23. The molecule has 1 aromatic rings. The standard InChI is InChI=1S/C30H58N2/c1-5-8-10-12-14-15-16-17-18-19-20-22-24-28(4)32-27-26-31-30(32)29(7-3)25-23-21-13-11-9-6-2/h26-29H,5-25H2,1-4H3. The van der Waals surface area contributed by atoms with Crippen LogP contribution in [0.25, 0.3) is 0 Å². The van der Waals surface area contributed by atoms with E-state index < -0.39 is 0 Å². The van der Waals surface area contributed by atoms with Crippen molar-refractivity contribution in [1.29, 1.82) is 0 Å². The Morgan fingerprint density at radius 2 is 1.06 bits per heavy atom. The fraction of sp³-hybridized carbons (Fsp3) is 0.900. The van der Waals surface area contributed by atoms with Crippen molar-refractivity contribution < 1.29 is 0 Å². The van der Waals surface area contributed by atoms with Gasteiger partial charge in [0.25, 0.3) is 0 Å². The van der Waals surface area contributed by atoms with Gasteiger partial charge in [0.15, 0.2) is 0 Å². The van der Waals surface area contributed by atoms with Crippen molar-refractivity contribution in [3.63, 3.8) is 0 Å². The first-order chi connectivity index (χ1) is 15.7. The first-order valence-electron chi connectivity index (χ1n) is 14.8. The molecular formula is C30H58N2. The monoisotopic (exact) mass is 446 g/mol. The summed E-state index contributed by atoms with van der Waals surface area (Å²) in [6.07, 6.45) is 33.6. The summed E-state index contributed by atoms with van der Waals surface area (Å²) in [6.45, 7) is 9.34. The van der Waals surface area contributed by atoms with Crippen LogP contribution in [0.2, 0.25) is 0 Å². The first kappa shape index (κ1) is 29.2. The number of hydrogen-bond donors (Lipinski definition) is 0. The fourth-order valence-corrected chi connectivity index (χ4v) is 5.12. The van der Waals surface area contributed by atoms with Crippen LogP contribution in [-0.4, -0.2) is 9.55 Å². The van der Waals surface area contributed by atoms with Gasteiger partial charge in [-0.05, 0) is 26.2 Å². The van der Waals surface area contributed by atoms with Crippen molar-refractivity contribution in [1.82, 2.24) is 9.55 Å². The third-order valence-electron chi connectivity index (χ3n) is 7.41. The Hall–Kier alpha value is -0.790. The van der Waals surface area contributed by atoms with Gasteiger partial charge in [-0.25, -0.2) is 4.98 Å². The SMILES string of the molecule is CCCCCCCCCCCCCCC(C)n1ccnc1C(CC)CCCCCCCC. The second-order valence-electron chi connectivity index (χ2n) is 10.4. The van der Waals surface area contributed by atoms with E-state index in [4.69, 9.17) is 4.98 Å². The zero-order valence-corrected chi connectivity index (χ0v) is 22.6. The maximum absolute atomic E-state index is 4.81. The van der Waals surface area contributed by atoms with Gasteiger partial charge < -0.3 is 4.57 Å². The molecule has 32 heavy (non-hydrogen) atoms. The van der Waals surface area contributed by atoms with E-state index >= 15 is 0 Å². The van der Waals surface area contributed by atoms with Crippen molar-refractivity contribution in [3.05, 3.63) is 18.2 Å². The van der Waals surface area contributed by atoms with E-state index in [2.05, 4.69) is 38.5 Å². The molecule has 2 atom stereocenters. The van der Waals surface area contributed by atoms with Crippen molar-refractivity contribution >= 4 is 0 Å². The first-order valence-corrected chi connectivity index (χ1v) is 14.8. The molecule has 0 fully saturated rings. The quantitative estimate of drug-likeness (QED) is 0.153. The summed E-state index contributed by atoms with van der Waals surface area (Å²) in [5.74, 6) is 1.99. The van der Waals surface area contributed by atoms with Crippen LogP contribution in [0.5, 0.6) is 0 Å². The molecule has 0 saturated carbocycles. The van der Waals surface area contributed by atoms with E-state index in [1.165, 1.54) is 141 Å². The van der Waals surface area contributed by atoms with Crippen LogP contribution in [0.4, 0.5) is 0 Å². The molecular weight excluding hydrogens is 388 g/mol. The summed E-state index contributed by atoms with van der Waals surface area (Å²) < 4.78 is 2.50. The second kappa shape index (κ2) is 20.8. The van der Waals surface area contributed by atoms with Gasteiger partial charge in [0.1, 0.15) is 5.82 Å². The predicted molar refractivity (Wildman–Crippen MR) is 144 cm³/mol. The third-order valence-corrected chi connectivity index (χ3v) is 7.41. The summed E-state index contributed by atoms with van der Waals surface area (Å²) in [4.78, 5) is 4.81. The normalized spacial score (nSPS) is 13.5. The second-order valence-corrected chi connectivity index (χ2v) is 10.4. The molecule has 1 aromatic heterocycles. The minimum Gasteiger partial charge on any atom is -0.332 e. The van der Waals surface area contributed by atoms with Gasteiger partial charge in [-0.3, -0.25) is 0 Å². The highest BCUT2D eigenvalue weighted by Crippen LogP contribution is 2.28. The van der Waals surface area contributed by atoms with Crippen molar-refractivity contribution in [2.45, 2.75) is 174 Å². The Morgan fingerprint density at radius 1 is 0.625 bits per heavy atom. The molecule has 2 heteroatoms. The van der Waals surface area contributed by atoms with Crippen LogP contribution < -0.4 is 0 Å². The largest absolute Gasteiger partial charge is 0.332 e. The zero-order valence-electron chi connectivity index (χ0n) is 22.6. The average molecular weight is 447 g/mol. The highest BCUT2D eigenvalue weighted by molar-refractivity contribution is 5.02. The molecule has 0 aliphatic heterocycles. The maximum atomic E-state index is 4.81. The van der Waals surface area contributed by atoms with Crippen molar-refractivity contribution in [2.24, 2.45) is 0 Å². The number of aromatic nitrogens is 2. The van der Waals surface area contributed by atoms with Crippen molar-refractivity contribution in [2.75, 3.05) is 0 Å². The molecule has 188 valence electrons. The lowest BCUT2D eigenvalue weighted by Crippen LogP contribution is -2.12. The molecule has 0 N–H and O–H groups in total. The molecule has 0 aliphatic carbocycles. The van der Waals surface area contributed by atoms with Gasteiger partial charge in [-0.15, -0.1) is 0 Å². The predicted octanol–water partition coefficient (Wildman–Crippen LogP) is 10.8. The number of imidazole rings is 1. The van der Waals surface area contributed by atoms with Crippen LogP contribution in [0.1, 0.15) is 180 Å². The molecule has 1 rings (SSSR count). The van der Waals surface area contributed by atoms with Gasteiger partial charge in [0.2, 0.25) is 0 Å². The highest BCUT2D eigenvalue weighted by Gasteiger charge is 2.17. The zero-order chi connectivity index (χ0) is 23.3. The lowest BCUT2D eigenvalue weighted by atomic mass is 9.96. The van der Waals surface area contributed by atoms with Crippen LogP contribution in [0, 0.1) is 0 Å². The van der Waals surface area contributed by atoms with Gasteiger partial charge in [0.05, 0.1) is 0 Å². The van der Waals surface area contributed by atoms with E-state index in [1.807, 2.05) is 6.20 Å². The van der Waals surface area contributed by atoms with Crippen LogP contribution in [0.3, 0.4) is 0 Å². The lowest BCUT2D eigenvalue weighted by molar-refractivity contribution is 0.425. The summed E-state index contributed by atoms with van der Waals surface area (Å²) in [6, 6.07) is 0.592. The molecule has 0 amide bonds. The Bertz CT molecular complexity index is 507. The molecule has 2 nitrogen and oxygen atoms in total. The Labute approximate surface area is 202 Å². The number of nitrogens with zero attached hydrogens (tertiary/aromatic N) is 2. The minimum atomic E-state index is 0.592. The molecule has 2 unspecified atom stereocenters. The summed E-state index contributed by atoms with van der Waals surface area (Å²) in [5.41, 5.74) is 0. The summed E-state index contributed by atoms with van der Waals surface area (Å²) >= 11 is 0. The summed E-state index contributed by atoms with van der Waals surface area (Å²) in [5, 5.41) is 0.